The van der Waals surface area contributed by atoms with E-state index in [9.17, 15) is 4.79 Å². The summed E-state index contributed by atoms with van der Waals surface area (Å²) in [5.41, 5.74) is 0.666. The van der Waals surface area contributed by atoms with Crippen molar-refractivity contribution in [3.05, 3.63) is 11.0 Å². The summed E-state index contributed by atoms with van der Waals surface area (Å²) in [7, 11) is -1.74. The van der Waals surface area contributed by atoms with Crippen LogP contribution in [0.3, 0.4) is 0 Å². The number of nitrogens with one attached hydrogen (secondary N) is 2. The van der Waals surface area contributed by atoms with Gasteiger partial charge in [0.1, 0.15) is 12.3 Å². The average molecular weight is 388 g/mol. The molecule has 0 radical (unpaired) electrons. The summed E-state index contributed by atoms with van der Waals surface area (Å²) in [5, 5.41) is 5.82. The smallest absolute Gasteiger partial charge is 0.239 e. The molecule has 0 atom stereocenters. The number of nitrogens with zero attached hydrogens (tertiary/aromatic N) is 3. The summed E-state index contributed by atoms with van der Waals surface area (Å²) in [6.07, 6.45) is 1.29. The van der Waals surface area contributed by atoms with Gasteiger partial charge in [0.05, 0.1) is 6.54 Å². The SMILES string of the molecule is CC(C)(C)[Si](C)(C)OCCCOn1c(Cl)nc2c1NC(NC=O)=NC2. The highest BCUT2D eigenvalue weighted by Gasteiger charge is 2.36. The van der Waals surface area contributed by atoms with Crippen LogP contribution >= 0.6 is 11.6 Å². The zero-order valence-corrected chi connectivity index (χ0v) is 17.1. The van der Waals surface area contributed by atoms with Gasteiger partial charge in [0, 0.05) is 13.0 Å². The molecule has 1 aliphatic heterocycles. The van der Waals surface area contributed by atoms with E-state index in [0.29, 0.717) is 43.6 Å². The van der Waals surface area contributed by atoms with E-state index in [2.05, 4.69) is 54.5 Å². The molecule has 1 aromatic rings. The van der Waals surface area contributed by atoms with Gasteiger partial charge in [-0.1, -0.05) is 20.8 Å². The molecule has 1 amide bonds. The maximum Gasteiger partial charge on any atom is 0.239 e. The number of imidazole rings is 1. The molecule has 0 saturated heterocycles. The third-order valence-electron chi connectivity index (χ3n) is 4.47. The topological polar surface area (TPSA) is 89.8 Å². The van der Waals surface area contributed by atoms with E-state index in [1.165, 1.54) is 4.73 Å². The molecule has 2 rings (SSSR count). The van der Waals surface area contributed by atoms with Gasteiger partial charge in [0.25, 0.3) is 0 Å². The minimum absolute atomic E-state index is 0.186. The Morgan fingerprint density at radius 3 is 2.76 bits per heavy atom. The van der Waals surface area contributed by atoms with Crippen molar-refractivity contribution in [1.82, 2.24) is 15.0 Å². The fourth-order valence-electron chi connectivity index (χ4n) is 1.97. The first kappa shape index (κ1) is 19.7. The van der Waals surface area contributed by atoms with Crippen molar-refractivity contribution >= 4 is 38.1 Å². The Morgan fingerprint density at radius 1 is 1.40 bits per heavy atom. The van der Waals surface area contributed by atoms with Crippen molar-refractivity contribution in [2.24, 2.45) is 4.99 Å². The molecule has 0 aromatic carbocycles. The van der Waals surface area contributed by atoms with Crippen molar-refractivity contribution in [2.75, 3.05) is 18.5 Å². The molecule has 1 aromatic heterocycles. The summed E-state index contributed by atoms with van der Waals surface area (Å²) in [6, 6.07) is 0. The number of carbonyl (C=O) groups excluding carboxylic acids is 1. The molecule has 0 unspecified atom stereocenters. The third-order valence-corrected chi connectivity index (χ3v) is 9.25. The Hall–Kier alpha value is -1.58. The van der Waals surface area contributed by atoms with Crippen molar-refractivity contribution in [3.8, 4) is 0 Å². The molecular weight excluding hydrogens is 362 g/mol. The van der Waals surface area contributed by atoms with Gasteiger partial charge in [-0.2, -0.15) is 0 Å². The molecule has 0 aliphatic carbocycles. The Balaban J connectivity index is 1.87. The summed E-state index contributed by atoms with van der Waals surface area (Å²) < 4.78 is 7.54. The average Bonchev–Trinajstić information content (AvgIpc) is 2.81. The molecule has 0 fully saturated rings. The van der Waals surface area contributed by atoms with Crippen LogP contribution in [0.15, 0.2) is 4.99 Å². The molecule has 25 heavy (non-hydrogen) atoms. The highest BCUT2D eigenvalue weighted by Crippen LogP contribution is 2.36. The van der Waals surface area contributed by atoms with Gasteiger partial charge in [0.2, 0.25) is 17.7 Å². The third kappa shape index (κ3) is 4.74. The Kier molecular flexibility index (Phi) is 6.12. The first-order valence-corrected chi connectivity index (χ1v) is 11.5. The van der Waals surface area contributed by atoms with Crippen molar-refractivity contribution in [1.29, 1.82) is 0 Å². The van der Waals surface area contributed by atoms with Gasteiger partial charge in [-0.05, 0) is 29.7 Å². The fourth-order valence-corrected chi connectivity index (χ4v) is 3.29. The number of anilines is 1. The van der Waals surface area contributed by atoms with Gasteiger partial charge in [-0.25, -0.2) is 9.98 Å². The lowest BCUT2D eigenvalue weighted by molar-refractivity contribution is -0.108. The Morgan fingerprint density at radius 2 is 2.12 bits per heavy atom. The van der Waals surface area contributed by atoms with Gasteiger partial charge >= 0.3 is 0 Å². The summed E-state index contributed by atoms with van der Waals surface area (Å²) in [6.45, 7) is 12.5. The zero-order chi connectivity index (χ0) is 18.7. The van der Waals surface area contributed by atoms with Crippen LogP contribution in [0.25, 0.3) is 0 Å². The number of carbonyl (C=O) groups is 1. The Bertz CT molecular complexity index is 654. The number of amides is 1. The highest BCUT2D eigenvalue weighted by molar-refractivity contribution is 6.74. The van der Waals surface area contributed by atoms with Crippen LogP contribution < -0.4 is 15.5 Å². The molecule has 0 spiro atoms. The molecule has 10 heteroatoms. The summed E-state index contributed by atoms with van der Waals surface area (Å²) in [4.78, 5) is 24.6. The van der Waals surface area contributed by atoms with Gasteiger partial charge < -0.3 is 14.6 Å². The lowest BCUT2D eigenvalue weighted by atomic mass is 10.2. The lowest BCUT2D eigenvalue weighted by Gasteiger charge is -2.36. The van der Waals surface area contributed by atoms with E-state index in [-0.39, 0.29) is 10.3 Å². The Labute approximate surface area is 154 Å². The van der Waals surface area contributed by atoms with Crippen LogP contribution in [-0.4, -0.2) is 43.6 Å². The fraction of sp³-hybridized carbons (Fsp3) is 0.667. The summed E-state index contributed by atoms with van der Waals surface area (Å²) >= 11 is 6.13. The number of aliphatic imine (C=N–C) groups is 1. The molecule has 2 N–H and O–H groups in total. The van der Waals surface area contributed by atoms with Crippen LogP contribution in [0.1, 0.15) is 32.9 Å². The van der Waals surface area contributed by atoms with Crippen molar-refractivity contribution in [2.45, 2.75) is 51.9 Å². The minimum Gasteiger partial charge on any atom is -0.417 e. The van der Waals surface area contributed by atoms with E-state index < -0.39 is 8.32 Å². The monoisotopic (exact) mass is 387 g/mol. The second kappa shape index (κ2) is 7.75. The largest absolute Gasteiger partial charge is 0.417 e. The standard InChI is InChI=1S/C15H26ClN5O3Si/c1-15(2,3)25(4,5)24-8-6-7-23-21-12-11(19-13(21)16)9-17-14(20-12)18-10-22/h10H,6-9H2,1-5H3,(H2,17,18,20,22). The number of fused-ring (bicyclic) bond motifs is 1. The summed E-state index contributed by atoms with van der Waals surface area (Å²) in [5.74, 6) is 0.917. The van der Waals surface area contributed by atoms with Gasteiger partial charge in [-0.15, -0.1) is 4.73 Å². The van der Waals surface area contributed by atoms with Crippen LogP contribution in [0, 0.1) is 0 Å². The van der Waals surface area contributed by atoms with E-state index >= 15 is 0 Å². The molecule has 8 nitrogen and oxygen atoms in total. The van der Waals surface area contributed by atoms with Crippen LogP contribution in [0.2, 0.25) is 23.4 Å². The quantitative estimate of drug-likeness (QED) is 0.426. The number of aromatic nitrogens is 2. The van der Waals surface area contributed by atoms with E-state index in [0.717, 1.165) is 6.42 Å². The molecular formula is C15H26ClN5O3Si. The van der Waals surface area contributed by atoms with E-state index in [1.807, 2.05) is 0 Å². The molecule has 0 saturated carbocycles. The first-order chi connectivity index (χ1) is 11.7. The molecule has 0 bridgehead atoms. The maximum atomic E-state index is 10.5. The van der Waals surface area contributed by atoms with Crippen molar-refractivity contribution in [3.63, 3.8) is 0 Å². The molecule has 1 aliphatic rings. The van der Waals surface area contributed by atoms with Crippen LogP contribution in [0.4, 0.5) is 5.82 Å². The first-order valence-electron chi connectivity index (χ1n) is 8.22. The van der Waals surface area contributed by atoms with Crippen LogP contribution in [0.5, 0.6) is 0 Å². The predicted molar refractivity (Wildman–Crippen MR) is 100 cm³/mol. The predicted octanol–water partition coefficient (Wildman–Crippen LogP) is 2.40. The zero-order valence-electron chi connectivity index (χ0n) is 15.4. The normalized spacial score (nSPS) is 14.4. The van der Waals surface area contributed by atoms with E-state index in [4.69, 9.17) is 20.9 Å². The van der Waals surface area contributed by atoms with Gasteiger partial charge in [0.15, 0.2) is 14.1 Å². The number of guanidine groups is 1. The maximum absolute atomic E-state index is 10.5. The number of rotatable bonds is 7. The van der Waals surface area contributed by atoms with Crippen LogP contribution in [-0.2, 0) is 15.8 Å². The van der Waals surface area contributed by atoms with Crippen molar-refractivity contribution < 1.29 is 14.1 Å². The molecule has 140 valence electrons. The highest BCUT2D eigenvalue weighted by atomic mass is 35.5. The van der Waals surface area contributed by atoms with E-state index in [1.54, 1.807) is 0 Å². The second-order valence-corrected chi connectivity index (χ2v) is 12.5. The lowest BCUT2D eigenvalue weighted by Crippen LogP contribution is -2.41. The molecule has 2 heterocycles. The second-order valence-electron chi connectivity index (χ2n) is 7.32. The number of hydrogen-bond donors (Lipinski definition) is 2. The number of hydrogen-bond acceptors (Lipinski definition) is 6. The number of halogens is 1. The minimum atomic E-state index is -1.74. The van der Waals surface area contributed by atoms with Gasteiger partial charge in [-0.3, -0.25) is 10.1 Å².